The summed E-state index contributed by atoms with van der Waals surface area (Å²) in [4.78, 5) is 36.9. The molecule has 1 saturated heterocycles. The van der Waals surface area contributed by atoms with Gasteiger partial charge in [0.2, 0.25) is 5.91 Å². The van der Waals surface area contributed by atoms with Crippen LogP contribution in [-0.2, 0) is 20.9 Å². The lowest BCUT2D eigenvalue weighted by Gasteiger charge is -2.35. The van der Waals surface area contributed by atoms with E-state index < -0.39 is 10.9 Å². The van der Waals surface area contributed by atoms with Crippen LogP contribution in [0.1, 0.15) is 24.0 Å². The average molecular weight is 364 g/mol. The largest absolute Gasteiger partial charge is 0.456 e. The zero-order valence-electron chi connectivity index (χ0n) is 14.3. The molecule has 0 saturated carbocycles. The number of benzene rings is 2. The molecule has 2 aromatic rings. The van der Waals surface area contributed by atoms with Gasteiger partial charge in [-0.15, -0.1) is 0 Å². The summed E-state index contributed by atoms with van der Waals surface area (Å²) in [6.45, 7) is -0.228. The highest BCUT2D eigenvalue weighted by Gasteiger charge is 2.48. The number of ether oxygens (including phenoxy) is 1. The van der Waals surface area contributed by atoms with Gasteiger partial charge >= 0.3 is 5.97 Å². The summed E-state index contributed by atoms with van der Waals surface area (Å²) in [5, 5.41) is 11.1. The summed E-state index contributed by atoms with van der Waals surface area (Å²) < 4.78 is 5.36. The van der Waals surface area contributed by atoms with Gasteiger partial charge in [-0.25, -0.2) is 4.79 Å². The van der Waals surface area contributed by atoms with Gasteiger partial charge in [0.25, 0.3) is 5.69 Å². The van der Waals surface area contributed by atoms with Crippen molar-refractivity contribution in [2.45, 2.75) is 25.5 Å². The van der Waals surface area contributed by atoms with Crippen LogP contribution in [-0.4, -0.2) is 27.7 Å². The molecule has 7 nitrogen and oxygen atoms in total. The van der Waals surface area contributed by atoms with E-state index in [1.807, 2.05) is 30.3 Å². The molecule has 2 aromatic carbocycles. The minimum Gasteiger partial charge on any atom is -0.456 e. The van der Waals surface area contributed by atoms with Crippen molar-refractivity contribution < 1.29 is 19.2 Å². The lowest BCUT2D eigenvalue weighted by molar-refractivity contribution is -0.385. The molecule has 2 aliphatic heterocycles. The molecule has 1 amide bonds. The van der Waals surface area contributed by atoms with Crippen LogP contribution in [0.15, 0.2) is 60.3 Å². The Labute approximate surface area is 155 Å². The van der Waals surface area contributed by atoms with Crippen LogP contribution in [0.3, 0.4) is 0 Å². The van der Waals surface area contributed by atoms with Crippen molar-refractivity contribution in [2.24, 2.45) is 0 Å². The zero-order valence-corrected chi connectivity index (χ0v) is 14.3. The van der Waals surface area contributed by atoms with Gasteiger partial charge in [0, 0.05) is 12.5 Å². The Bertz CT molecular complexity index is 967. The number of para-hydroxylation sites is 1. The number of amides is 1. The van der Waals surface area contributed by atoms with E-state index in [2.05, 4.69) is 0 Å². The van der Waals surface area contributed by atoms with Crippen molar-refractivity contribution in [3.8, 4) is 0 Å². The number of hydrogen-bond acceptors (Lipinski definition) is 5. The molecule has 0 aliphatic carbocycles. The second-order valence-electron chi connectivity index (χ2n) is 6.48. The van der Waals surface area contributed by atoms with Crippen LogP contribution in [0, 0.1) is 10.1 Å². The van der Waals surface area contributed by atoms with Crippen LogP contribution >= 0.6 is 0 Å². The van der Waals surface area contributed by atoms with E-state index in [1.54, 1.807) is 18.2 Å². The lowest BCUT2D eigenvalue weighted by Crippen LogP contribution is -2.49. The van der Waals surface area contributed by atoms with E-state index >= 15 is 0 Å². The van der Waals surface area contributed by atoms with Gasteiger partial charge < -0.3 is 9.64 Å². The van der Waals surface area contributed by atoms with E-state index in [0.717, 1.165) is 11.1 Å². The SMILES string of the molecule is O=C(OCc1ccccc1[N+](=O)[O-])C1=C(c2ccccc2)C[C@@H]2CC(=O)N12. The number of nitro groups is 1. The Kier molecular flexibility index (Phi) is 4.19. The van der Waals surface area contributed by atoms with Crippen molar-refractivity contribution in [3.05, 3.63) is 81.5 Å². The molecule has 1 atom stereocenters. The van der Waals surface area contributed by atoms with Gasteiger partial charge in [0.1, 0.15) is 12.3 Å². The van der Waals surface area contributed by atoms with Crippen molar-refractivity contribution in [1.82, 2.24) is 4.90 Å². The van der Waals surface area contributed by atoms with Crippen LogP contribution in [0.25, 0.3) is 5.57 Å². The number of nitrogens with zero attached hydrogens (tertiary/aromatic N) is 2. The van der Waals surface area contributed by atoms with Gasteiger partial charge in [0.05, 0.1) is 16.5 Å². The molecule has 0 unspecified atom stereocenters. The normalized spacial score (nSPS) is 18.1. The molecule has 7 heteroatoms. The van der Waals surface area contributed by atoms with Crippen molar-refractivity contribution in [3.63, 3.8) is 0 Å². The zero-order chi connectivity index (χ0) is 19.0. The van der Waals surface area contributed by atoms with Crippen LogP contribution in [0.5, 0.6) is 0 Å². The van der Waals surface area contributed by atoms with E-state index in [-0.39, 0.29) is 29.9 Å². The van der Waals surface area contributed by atoms with Gasteiger partial charge in [-0.1, -0.05) is 42.5 Å². The van der Waals surface area contributed by atoms with Crippen molar-refractivity contribution in [2.75, 3.05) is 0 Å². The Morgan fingerprint density at radius 3 is 2.52 bits per heavy atom. The molecule has 27 heavy (non-hydrogen) atoms. The molecule has 1 fully saturated rings. The fourth-order valence-corrected chi connectivity index (χ4v) is 3.57. The average Bonchev–Trinajstić information content (AvgIpc) is 3.00. The molecular formula is C20H16N2O5. The van der Waals surface area contributed by atoms with E-state index in [9.17, 15) is 19.7 Å². The fourth-order valence-electron chi connectivity index (χ4n) is 3.57. The Morgan fingerprint density at radius 2 is 1.81 bits per heavy atom. The Morgan fingerprint density at radius 1 is 1.11 bits per heavy atom. The highest BCUT2D eigenvalue weighted by Crippen LogP contribution is 2.43. The predicted octanol–water partition coefficient (Wildman–Crippen LogP) is 3.05. The number of carbonyl (C=O) groups is 2. The summed E-state index contributed by atoms with van der Waals surface area (Å²) in [5.41, 5.74) is 2.10. The first-order valence-electron chi connectivity index (χ1n) is 8.56. The first-order valence-corrected chi connectivity index (χ1v) is 8.56. The van der Waals surface area contributed by atoms with E-state index in [1.165, 1.54) is 11.0 Å². The Hall–Kier alpha value is -3.48. The van der Waals surface area contributed by atoms with Crippen molar-refractivity contribution >= 4 is 23.1 Å². The molecule has 0 radical (unpaired) electrons. The summed E-state index contributed by atoms with van der Waals surface area (Å²) in [6, 6.07) is 15.5. The molecule has 0 N–H and O–H groups in total. The standard InChI is InChI=1S/C20H16N2O5/c23-18-11-15-10-16(13-6-2-1-3-7-13)19(21(15)18)20(24)27-12-14-8-4-5-9-17(14)22(25)26/h1-9,15H,10-12H2/t15-/m1/s1. The fraction of sp³-hybridized carbons (Fsp3) is 0.200. The number of rotatable bonds is 5. The molecule has 0 spiro atoms. The third kappa shape index (κ3) is 2.97. The minimum atomic E-state index is -0.637. The number of esters is 1. The molecule has 4 rings (SSSR count). The number of nitro benzene ring substituents is 1. The van der Waals surface area contributed by atoms with Crippen LogP contribution in [0.2, 0.25) is 0 Å². The number of β-lactam (4-membered cyclic amide) rings is 1. The second kappa shape index (κ2) is 6.68. The van der Waals surface area contributed by atoms with Gasteiger partial charge in [0.15, 0.2) is 0 Å². The minimum absolute atomic E-state index is 0.0127. The smallest absolute Gasteiger partial charge is 0.355 e. The number of fused-ring (bicyclic) bond motifs is 1. The van der Waals surface area contributed by atoms with Crippen molar-refractivity contribution in [1.29, 1.82) is 0 Å². The van der Waals surface area contributed by atoms with Gasteiger partial charge in [-0.3, -0.25) is 14.9 Å². The first kappa shape index (κ1) is 17.0. The van der Waals surface area contributed by atoms with E-state index in [4.69, 9.17) is 4.74 Å². The lowest BCUT2D eigenvalue weighted by atomic mass is 9.97. The highest BCUT2D eigenvalue weighted by atomic mass is 16.6. The summed E-state index contributed by atoms with van der Waals surface area (Å²) in [6.07, 6.45) is 1.02. The number of hydrogen-bond donors (Lipinski definition) is 0. The van der Waals surface area contributed by atoms with Gasteiger partial charge in [-0.2, -0.15) is 0 Å². The van der Waals surface area contributed by atoms with Crippen LogP contribution < -0.4 is 0 Å². The quantitative estimate of drug-likeness (QED) is 0.352. The molecule has 2 heterocycles. The summed E-state index contributed by atoms with van der Waals surface area (Å²) in [5.74, 6) is -0.744. The number of carbonyl (C=O) groups excluding carboxylic acids is 2. The third-order valence-corrected chi connectivity index (χ3v) is 4.87. The van der Waals surface area contributed by atoms with Crippen LogP contribution in [0.4, 0.5) is 5.69 Å². The molecule has 0 bridgehead atoms. The maximum Gasteiger partial charge on any atom is 0.355 e. The molecule has 0 aromatic heterocycles. The summed E-state index contributed by atoms with van der Waals surface area (Å²) in [7, 11) is 0. The Balaban J connectivity index is 1.61. The second-order valence-corrected chi connectivity index (χ2v) is 6.48. The van der Waals surface area contributed by atoms with Gasteiger partial charge in [-0.05, 0) is 23.6 Å². The third-order valence-electron chi connectivity index (χ3n) is 4.87. The van der Waals surface area contributed by atoms with E-state index in [0.29, 0.717) is 18.4 Å². The predicted molar refractivity (Wildman–Crippen MR) is 96.1 cm³/mol. The molecule has 2 aliphatic rings. The molecular weight excluding hydrogens is 348 g/mol. The molecule has 136 valence electrons. The topological polar surface area (TPSA) is 89.7 Å². The highest BCUT2D eigenvalue weighted by molar-refractivity contribution is 6.05. The summed E-state index contributed by atoms with van der Waals surface area (Å²) >= 11 is 0. The maximum atomic E-state index is 12.8. The first-order chi connectivity index (χ1) is 13.1. The monoisotopic (exact) mass is 364 g/mol. The maximum absolute atomic E-state index is 12.8.